The number of benzene rings is 2. The summed E-state index contributed by atoms with van der Waals surface area (Å²) in [6, 6.07) is 9.99. The van der Waals surface area contributed by atoms with Crippen LogP contribution in [0.1, 0.15) is 16.8 Å². The van der Waals surface area contributed by atoms with Gasteiger partial charge in [-0.2, -0.15) is 0 Å². The molecule has 1 amide bonds. The van der Waals surface area contributed by atoms with E-state index in [-0.39, 0.29) is 22.7 Å². The Balaban J connectivity index is 1.91. The van der Waals surface area contributed by atoms with Crippen molar-refractivity contribution in [1.29, 1.82) is 0 Å². The van der Waals surface area contributed by atoms with Crippen LogP contribution in [0.15, 0.2) is 42.5 Å². The number of nitro benzene ring substituents is 1. The normalized spacial score (nSPS) is 15.4. The average Bonchev–Trinajstić information content (AvgIpc) is 3.00. The van der Waals surface area contributed by atoms with Gasteiger partial charge in [-0.1, -0.05) is 6.07 Å². The molecule has 0 spiro atoms. The van der Waals surface area contributed by atoms with E-state index in [1.165, 1.54) is 35.7 Å². The zero-order chi connectivity index (χ0) is 19.6. The zero-order valence-corrected chi connectivity index (χ0v) is 15.2. The second kappa shape index (κ2) is 7.23. The van der Waals surface area contributed by atoms with Crippen LogP contribution < -0.4 is 14.4 Å². The predicted octanol–water partition coefficient (Wildman–Crippen LogP) is 2.40. The topological polar surface area (TPSA) is 119 Å². The van der Waals surface area contributed by atoms with E-state index in [4.69, 9.17) is 4.74 Å². The maximum atomic E-state index is 12.5. The summed E-state index contributed by atoms with van der Waals surface area (Å²) in [6.45, 7) is 0.368. The van der Waals surface area contributed by atoms with Crippen molar-refractivity contribution in [2.75, 3.05) is 29.0 Å². The first kappa shape index (κ1) is 18.6. The molecule has 3 rings (SSSR count). The van der Waals surface area contributed by atoms with E-state index < -0.39 is 20.9 Å². The van der Waals surface area contributed by atoms with Crippen LogP contribution in [-0.2, 0) is 10.0 Å². The highest BCUT2D eigenvalue weighted by molar-refractivity contribution is 7.93. The minimum atomic E-state index is -3.37. The smallest absolute Gasteiger partial charge is 0.270 e. The number of carbonyl (C=O) groups excluding carboxylic acids is 1. The van der Waals surface area contributed by atoms with Gasteiger partial charge in [-0.3, -0.25) is 19.2 Å². The molecule has 0 aromatic heterocycles. The Labute approximate surface area is 155 Å². The number of amides is 1. The molecule has 1 fully saturated rings. The summed E-state index contributed by atoms with van der Waals surface area (Å²) in [5.74, 6) is -0.151. The molecule has 10 heteroatoms. The first-order valence-corrected chi connectivity index (χ1v) is 9.67. The van der Waals surface area contributed by atoms with Gasteiger partial charge in [0.25, 0.3) is 11.6 Å². The van der Waals surface area contributed by atoms with Crippen molar-refractivity contribution in [3.63, 3.8) is 0 Å². The summed E-state index contributed by atoms with van der Waals surface area (Å²) in [5.41, 5.74) is 0.591. The number of carbonyl (C=O) groups is 1. The highest BCUT2D eigenvalue weighted by Crippen LogP contribution is 2.33. The Morgan fingerprint density at radius 2 is 2.04 bits per heavy atom. The fourth-order valence-corrected chi connectivity index (χ4v) is 4.39. The molecule has 2 aromatic carbocycles. The van der Waals surface area contributed by atoms with Crippen LogP contribution in [0.2, 0.25) is 0 Å². The minimum Gasteiger partial charge on any atom is -0.495 e. The number of hydrogen-bond acceptors (Lipinski definition) is 6. The molecule has 9 nitrogen and oxygen atoms in total. The summed E-state index contributed by atoms with van der Waals surface area (Å²) in [4.78, 5) is 22.8. The maximum Gasteiger partial charge on any atom is 0.270 e. The molecule has 1 aliphatic heterocycles. The number of sulfonamides is 1. The number of hydrogen-bond donors (Lipinski definition) is 1. The SMILES string of the molecule is COc1ccc(N2CCCS2(=O)=O)cc1NC(=O)c1cccc([N+](=O)[O-])c1. The van der Waals surface area contributed by atoms with Crippen molar-refractivity contribution in [2.24, 2.45) is 0 Å². The third kappa shape index (κ3) is 3.85. The second-order valence-corrected chi connectivity index (χ2v) is 7.90. The summed E-state index contributed by atoms with van der Waals surface area (Å²) >= 11 is 0. The molecule has 1 saturated heterocycles. The molecule has 0 unspecified atom stereocenters. The third-order valence-corrected chi connectivity index (χ3v) is 6.01. The van der Waals surface area contributed by atoms with E-state index in [1.807, 2.05) is 0 Å². The molecule has 142 valence electrons. The molecule has 1 aliphatic rings. The lowest BCUT2D eigenvalue weighted by molar-refractivity contribution is -0.384. The number of ether oxygens (including phenoxy) is 1. The van der Waals surface area contributed by atoms with Crippen LogP contribution >= 0.6 is 0 Å². The van der Waals surface area contributed by atoms with Crippen LogP contribution in [0.3, 0.4) is 0 Å². The molecule has 2 aromatic rings. The van der Waals surface area contributed by atoms with Crippen LogP contribution in [0, 0.1) is 10.1 Å². The van der Waals surface area contributed by atoms with E-state index in [1.54, 1.807) is 12.1 Å². The van der Waals surface area contributed by atoms with Crippen LogP contribution in [0.5, 0.6) is 5.75 Å². The van der Waals surface area contributed by atoms with Crippen molar-refractivity contribution >= 4 is 33.0 Å². The quantitative estimate of drug-likeness (QED) is 0.617. The lowest BCUT2D eigenvalue weighted by atomic mass is 10.1. The molecule has 0 atom stereocenters. The minimum absolute atomic E-state index is 0.0778. The van der Waals surface area contributed by atoms with Crippen molar-refractivity contribution < 1.29 is 22.9 Å². The standard InChI is InChI=1S/C17H17N3O6S/c1-26-16-7-6-13(19-8-3-9-27(19,24)25)11-15(16)18-17(21)12-4-2-5-14(10-12)20(22)23/h2,4-7,10-11H,3,8-9H2,1H3,(H,18,21). The second-order valence-electron chi connectivity index (χ2n) is 5.89. The Kier molecular flexibility index (Phi) is 5.00. The number of nitro groups is 1. The monoisotopic (exact) mass is 391 g/mol. The number of anilines is 2. The van der Waals surface area contributed by atoms with Crippen molar-refractivity contribution in [3.8, 4) is 5.75 Å². The summed E-state index contributed by atoms with van der Waals surface area (Å²) in [7, 11) is -1.95. The summed E-state index contributed by atoms with van der Waals surface area (Å²) < 4.78 is 30.7. The van der Waals surface area contributed by atoms with Crippen molar-refractivity contribution in [2.45, 2.75) is 6.42 Å². The molecule has 0 radical (unpaired) electrons. The average molecular weight is 391 g/mol. The summed E-state index contributed by atoms with van der Waals surface area (Å²) in [6.07, 6.45) is 0.531. The Bertz CT molecular complexity index is 1010. The van der Waals surface area contributed by atoms with Crippen LogP contribution in [0.4, 0.5) is 17.1 Å². The van der Waals surface area contributed by atoms with E-state index in [9.17, 15) is 23.3 Å². The highest BCUT2D eigenvalue weighted by Gasteiger charge is 2.29. The number of rotatable bonds is 5. The van der Waals surface area contributed by atoms with Gasteiger partial charge < -0.3 is 10.1 Å². The highest BCUT2D eigenvalue weighted by atomic mass is 32.2. The lowest BCUT2D eigenvalue weighted by Crippen LogP contribution is -2.25. The Morgan fingerprint density at radius 3 is 2.67 bits per heavy atom. The third-order valence-electron chi connectivity index (χ3n) is 4.14. The fourth-order valence-electron chi connectivity index (χ4n) is 2.83. The molecular weight excluding hydrogens is 374 g/mol. The largest absolute Gasteiger partial charge is 0.495 e. The zero-order valence-electron chi connectivity index (χ0n) is 14.4. The summed E-state index contributed by atoms with van der Waals surface area (Å²) in [5, 5.41) is 13.5. The molecular formula is C17H17N3O6S. The van der Waals surface area contributed by atoms with Crippen LogP contribution in [0.25, 0.3) is 0 Å². The Hall–Kier alpha value is -3.14. The van der Waals surface area contributed by atoms with Gasteiger partial charge in [0.2, 0.25) is 10.0 Å². The molecule has 0 saturated carbocycles. The van der Waals surface area contributed by atoms with E-state index in [0.29, 0.717) is 24.4 Å². The van der Waals surface area contributed by atoms with E-state index in [0.717, 1.165) is 6.07 Å². The maximum absolute atomic E-state index is 12.5. The van der Waals surface area contributed by atoms with Gasteiger partial charge in [-0.25, -0.2) is 8.42 Å². The van der Waals surface area contributed by atoms with Gasteiger partial charge in [0.05, 0.1) is 29.2 Å². The first-order valence-electron chi connectivity index (χ1n) is 8.06. The predicted molar refractivity (Wildman–Crippen MR) is 99.8 cm³/mol. The molecule has 27 heavy (non-hydrogen) atoms. The number of non-ortho nitro benzene ring substituents is 1. The lowest BCUT2D eigenvalue weighted by Gasteiger charge is -2.19. The Morgan fingerprint density at radius 1 is 1.26 bits per heavy atom. The van der Waals surface area contributed by atoms with Gasteiger partial charge in [-0.15, -0.1) is 0 Å². The molecule has 1 heterocycles. The number of nitrogens with one attached hydrogen (secondary N) is 1. The van der Waals surface area contributed by atoms with Gasteiger partial charge in [-0.05, 0) is 30.7 Å². The molecule has 0 aliphatic carbocycles. The number of methoxy groups -OCH3 is 1. The first-order chi connectivity index (χ1) is 12.8. The fraction of sp³-hybridized carbons (Fsp3) is 0.235. The van der Waals surface area contributed by atoms with Gasteiger partial charge in [0, 0.05) is 24.2 Å². The molecule has 0 bridgehead atoms. The van der Waals surface area contributed by atoms with Gasteiger partial charge in [0.15, 0.2) is 0 Å². The van der Waals surface area contributed by atoms with Gasteiger partial charge >= 0.3 is 0 Å². The van der Waals surface area contributed by atoms with Crippen molar-refractivity contribution in [1.82, 2.24) is 0 Å². The van der Waals surface area contributed by atoms with E-state index in [2.05, 4.69) is 5.32 Å². The molecule has 1 N–H and O–H groups in total. The van der Waals surface area contributed by atoms with Crippen molar-refractivity contribution in [3.05, 3.63) is 58.1 Å². The van der Waals surface area contributed by atoms with Crippen LogP contribution in [-0.4, -0.2) is 38.7 Å². The van der Waals surface area contributed by atoms with E-state index >= 15 is 0 Å². The number of nitrogens with zero attached hydrogens (tertiary/aromatic N) is 2. The van der Waals surface area contributed by atoms with Gasteiger partial charge in [0.1, 0.15) is 5.75 Å².